The minimum absolute atomic E-state index is 0.285. The van der Waals surface area contributed by atoms with Crippen molar-refractivity contribution in [1.29, 1.82) is 0 Å². The average molecular weight is 225 g/mol. The van der Waals surface area contributed by atoms with Crippen LogP contribution < -0.4 is 4.90 Å². The Kier molecular flexibility index (Phi) is 3.29. The Labute approximate surface area is 94.4 Å². The molecule has 0 radical (unpaired) electrons. The first-order chi connectivity index (χ1) is 7.72. The van der Waals surface area contributed by atoms with E-state index in [1.807, 2.05) is 4.90 Å². The van der Waals surface area contributed by atoms with Gasteiger partial charge in [0.25, 0.3) is 0 Å². The third kappa shape index (κ3) is 2.11. The summed E-state index contributed by atoms with van der Waals surface area (Å²) in [6.07, 6.45) is 1.00. The Morgan fingerprint density at radius 1 is 1.56 bits per heavy atom. The zero-order chi connectivity index (χ0) is 11.5. The van der Waals surface area contributed by atoms with E-state index in [9.17, 15) is 9.50 Å². The summed E-state index contributed by atoms with van der Waals surface area (Å²) in [6, 6.07) is 4.73. The van der Waals surface area contributed by atoms with Gasteiger partial charge in [-0.15, -0.1) is 0 Å². The van der Waals surface area contributed by atoms with Crippen LogP contribution in [0.5, 0.6) is 5.75 Å². The normalized spacial score (nSPS) is 20.4. The molecule has 1 aliphatic rings. The molecule has 88 valence electrons. The second-order valence-electron chi connectivity index (χ2n) is 4.17. The number of nitrogens with zero attached hydrogens (tertiary/aromatic N) is 1. The van der Waals surface area contributed by atoms with Crippen molar-refractivity contribution in [3.63, 3.8) is 0 Å². The van der Waals surface area contributed by atoms with Crippen LogP contribution in [0.3, 0.4) is 0 Å². The van der Waals surface area contributed by atoms with E-state index in [-0.39, 0.29) is 5.75 Å². The standard InChI is InChI=1S/C12H16FNO2/c1-16-8-9-5-6-14(7-9)10-3-2-4-11(15)12(10)13/h2-4,9,15H,5-8H2,1H3. The van der Waals surface area contributed by atoms with Crippen molar-refractivity contribution >= 4 is 5.69 Å². The van der Waals surface area contributed by atoms with Crippen LogP contribution in [0.1, 0.15) is 6.42 Å². The number of aromatic hydroxyl groups is 1. The van der Waals surface area contributed by atoms with Crippen LogP contribution in [-0.2, 0) is 4.74 Å². The lowest BCUT2D eigenvalue weighted by Gasteiger charge is -2.19. The number of phenols is 1. The largest absolute Gasteiger partial charge is 0.505 e. The van der Waals surface area contributed by atoms with Gasteiger partial charge in [-0.25, -0.2) is 4.39 Å². The molecular weight excluding hydrogens is 209 g/mol. The molecule has 0 bridgehead atoms. The van der Waals surface area contributed by atoms with Crippen molar-refractivity contribution in [3.05, 3.63) is 24.0 Å². The number of ether oxygens (including phenoxy) is 1. The van der Waals surface area contributed by atoms with Gasteiger partial charge in [-0.1, -0.05) is 6.07 Å². The molecule has 0 spiro atoms. The van der Waals surface area contributed by atoms with Gasteiger partial charge in [-0.3, -0.25) is 0 Å². The second-order valence-corrected chi connectivity index (χ2v) is 4.17. The lowest BCUT2D eigenvalue weighted by Crippen LogP contribution is -2.21. The van der Waals surface area contributed by atoms with Crippen LogP contribution in [-0.4, -0.2) is 31.9 Å². The third-order valence-electron chi connectivity index (χ3n) is 2.99. The van der Waals surface area contributed by atoms with Gasteiger partial charge in [0.2, 0.25) is 0 Å². The Morgan fingerprint density at radius 3 is 3.12 bits per heavy atom. The minimum Gasteiger partial charge on any atom is -0.505 e. The lowest BCUT2D eigenvalue weighted by molar-refractivity contribution is 0.161. The van der Waals surface area contributed by atoms with Crippen LogP contribution in [0.2, 0.25) is 0 Å². The topological polar surface area (TPSA) is 32.7 Å². The van der Waals surface area contributed by atoms with Gasteiger partial charge in [0, 0.05) is 26.1 Å². The van der Waals surface area contributed by atoms with Gasteiger partial charge in [-0.05, 0) is 18.6 Å². The smallest absolute Gasteiger partial charge is 0.188 e. The Bertz CT molecular complexity index is 370. The van der Waals surface area contributed by atoms with E-state index in [2.05, 4.69) is 0 Å². The van der Waals surface area contributed by atoms with E-state index in [0.717, 1.165) is 19.5 Å². The first kappa shape index (κ1) is 11.2. The molecule has 1 atom stereocenters. The second kappa shape index (κ2) is 4.70. The van der Waals surface area contributed by atoms with Crippen LogP contribution in [0.4, 0.5) is 10.1 Å². The molecule has 0 aromatic heterocycles. The monoisotopic (exact) mass is 225 g/mol. The molecule has 1 fully saturated rings. The molecule has 16 heavy (non-hydrogen) atoms. The van der Waals surface area contributed by atoms with E-state index >= 15 is 0 Å². The van der Waals surface area contributed by atoms with Gasteiger partial charge in [0.15, 0.2) is 11.6 Å². The Hall–Kier alpha value is -1.29. The van der Waals surface area contributed by atoms with E-state index in [1.165, 1.54) is 6.07 Å². The van der Waals surface area contributed by atoms with E-state index < -0.39 is 5.82 Å². The average Bonchev–Trinajstić information content (AvgIpc) is 2.71. The number of halogens is 1. The van der Waals surface area contributed by atoms with Crippen molar-refractivity contribution in [2.24, 2.45) is 5.92 Å². The highest BCUT2D eigenvalue weighted by atomic mass is 19.1. The molecule has 4 heteroatoms. The van der Waals surface area contributed by atoms with Gasteiger partial charge in [-0.2, -0.15) is 0 Å². The van der Waals surface area contributed by atoms with Crippen LogP contribution >= 0.6 is 0 Å². The highest BCUT2D eigenvalue weighted by Gasteiger charge is 2.25. The summed E-state index contributed by atoms with van der Waals surface area (Å²) in [7, 11) is 1.68. The number of benzene rings is 1. The number of hydrogen-bond acceptors (Lipinski definition) is 3. The number of anilines is 1. The Morgan fingerprint density at radius 2 is 2.38 bits per heavy atom. The minimum atomic E-state index is -0.527. The van der Waals surface area contributed by atoms with Crippen molar-refractivity contribution < 1.29 is 14.2 Å². The SMILES string of the molecule is COCC1CCN(c2cccc(O)c2F)C1. The number of phenolic OH excluding ortho intramolecular Hbond substituents is 1. The van der Waals surface area contributed by atoms with Gasteiger partial charge in [0.1, 0.15) is 0 Å². The zero-order valence-electron chi connectivity index (χ0n) is 9.32. The van der Waals surface area contributed by atoms with E-state index in [4.69, 9.17) is 4.74 Å². The molecule has 1 aliphatic heterocycles. The van der Waals surface area contributed by atoms with E-state index in [0.29, 0.717) is 18.2 Å². The zero-order valence-corrected chi connectivity index (χ0v) is 9.32. The highest BCUT2D eigenvalue weighted by Crippen LogP contribution is 2.30. The molecule has 3 nitrogen and oxygen atoms in total. The summed E-state index contributed by atoms with van der Waals surface area (Å²) in [6.45, 7) is 2.31. The van der Waals surface area contributed by atoms with Crippen LogP contribution in [0, 0.1) is 11.7 Å². The number of rotatable bonds is 3. The van der Waals surface area contributed by atoms with Gasteiger partial charge < -0.3 is 14.7 Å². The maximum atomic E-state index is 13.6. The fourth-order valence-electron chi connectivity index (χ4n) is 2.18. The fraction of sp³-hybridized carbons (Fsp3) is 0.500. The fourth-order valence-corrected chi connectivity index (χ4v) is 2.18. The molecule has 1 saturated heterocycles. The van der Waals surface area contributed by atoms with Gasteiger partial charge in [0.05, 0.1) is 12.3 Å². The van der Waals surface area contributed by atoms with E-state index in [1.54, 1.807) is 19.2 Å². The highest BCUT2D eigenvalue weighted by molar-refractivity contribution is 5.52. The van der Waals surface area contributed by atoms with Crippen molar-refractivity contribution in [3.8, 4) is 5.75 Å². The Balaban J connectivity index is 2.11. The summed E-state index contributed by atoms with van der Waals surface area (Å²) in [5.41, 5.74) is 0.485. The summed E-state index contributed by atoms with van der Waals surface area (Å²) >= 11 is 0. The van der Waals surface area contributed by atoms with Crippen molar-refractivity contribution in [2.75, 3.05) is 31.7 Å². The quantitative estimate of drug-likeness (QED) is 0.854. The van der Waals surface area contributed by atoms with Gasteiger partial charge >= 0.3 is 0 Å². The summed E-state index contributed by atoms with van der Waals surface area (Å²) < 4.78 is 18.7. The van der Waals surface area contributed by atoms with Crippen LogP contribution in [0.25, 0.3) is 0 Å². The first-order valence-electron chi connectivity index (χ1n) is 5.43. The molecule has 1 heterocycles. The predicted molar refractivity (Wildman–Crippen MR) is 60.3 cm³/mol. The first-order valence-corrected chi connectivity index (χ1v) is 5.43. The number of methoxy groups -OCH3 is 1. The summed E-state index contributed by atoms with van der Waals surface area (Å²) in [5, 5.41) is 9.30. The number of hydrogen-bond donors (Lipinski definition) is 1. The molecule has 0 aliphatic carbocycles. The van der Waals surface area contributed by atoms with Crippen molar-refractivity contribution in [2.45, 2.75) is 6.42 Å². The maximum Gasteiger partial charge on any atom is 0.188 e. The molecule has 1 unspecified atom stereocenters. The summed E-state index contributed by atoms with van der Waals surface area (Å²) in [5.74, 6) is -0.361. The molecule has 1 aromatic rings. The molecule has 0 saturated carbocycles. The van der Waals surface area contributed by atoms with Crippen LogP contribution in [0.15, 0.2) is 18.2 Å². The maximum absolute atomic E-state index is 13.6. The predicted octanol–water partition coefficient (Wildman–Crippen LogP) is 2.00. The molecule has 0 amide bonds. The third-order valence-corrected chi connectivity index (χ3v) is 2.99. The summed E-state index contributed by atoms with van der Waals surface area (Å²) in [4.78, 5) is 1.96. The molecule has 1 N–H and O–H groups in total. The lowest BCUT2D eigenvalue weighted by atomic mass is 10.1. The molecular formula is C12H16FNO2. The molecule has 1 aromatic carbocycles. The van der Waals surface area contributed by atoms with Crippen molar-refractivity contribution in [1.82, 2.24) is 0 Å². The molecule has 2 rings (SSSR count).